The molecule has 0 saturated carbocycles. The van der Waals surface area contributed by atoms with Crippen molar-refractivity contribution in [3.05, 3.63) is 33.9 Å². The van der Waals surface area contributed by atoms with E-state index < -0.39 is 0 Å². The normalized spacial score (nSPS) is 10.4. The third-order valence-corrected chi connectivity index (χ3v) is 4.42. The van der Waals surface area contributed by atoms with E-state index in [0.717, 1.165) is 5.56 Å². The van der Waals surface area contributed by atoms with Gasteiger partial charge in [-0.1, -0.05) is 0 Å². The van der Waals surface area contributed by atoms with Gasteiger partial charge in [-0.15, -0.1) is 0 Å². The fraction of sp³-hybridized carbons (Fsp3) is 0.100. The third kappa shape index (κ3) is 1.33. The monoisotopic (exact) mass is 274 g/mol. The summed E-state index contributed by atoms with van der Waals surface area (Å²) in [5.41, 5.74) is 0.827. The number of Topliss-reactive ketones (excluding diaryl/α,β-unsaturated/α-hetero) is 1. The van der Waals surface area contributed by atoms with Crippen molar-refractivity contribution in [3.63, 3.8) is 0 Å². The summed E-state index contributed by atoms with van der Waals surface area (Å²) < 4.78 is 3.70. The van der Waals surface area contributed by atoms with Crippen molar-refractivity contribution in [2.75, 3.05) is 0 Å². The molecule has 0 spiro atoms. The SMILES string of the molecule is CC(=O)c1ccc2[te]ccc2c1. The summed E-state index contributed by atoms with van der Waals surface area (Å²) in [5, 5.41) is 1.25. The van der Waals surface area contributed by atoms with E-state index in [2.05, 4.69) is 16.2 Å². The van der Waals surface area contributed by atoms with E-state index >= 15 is 0 Å². The van der Waals surface area contributed by atoms with Gasteiger partial charge >= 0.3 is 80.6 Å². The molecule has 0 amide bonds. The molecule has 0 fully saturated rings. The second-order valence-corrected chi connectivity index (χ2v) is 5.43. The van der Waals surface area contributed by atoms with Crippen LogP contribution in [0.25, 0.3) is 8.79 Å². The molecule has 1 nitrogen and oxygen atoms in total. The summed E-state index contributed by atoms with van der Waals surface area (Å²) in [7, 11) is 0. The van der Waals surface area contributed by atoms with Crippen LogP contribution in [0.1, 0.15) is 17.3 Å². The molecule has 0 saturated heterocycles. The van der Waals surface area contributed by atoms with Gasteiger partial charge in [-0.3, -0.25) is 0 Å². The molecule has 0 unspecified atom stereocenters. The minimum atomic E-state index is -0.0673. The Kier molecular flexibility index (Phi) is 2.04. The number of carbonyl (C=O) groups excluding carboxylic acids is 1. The van der Waals surface area contributed by atoms with Crippen molar-refractivity contribution < 1.29 is 4.79 Å². The molecule has 2 rings (SSSR count). The second kappa shape index (κ2) is 3.05. The molecule has 12 heavy (non-hydrogen) atoms. The maximum atomic E-state index is 11.0. The van der Waals surface area contributed by atoms with Crippen molar-refractivity contribution in [3.8, 4) is 0 Å². The average Bonchev–Trinajstić information content (AvgIpc) is 2.49. The van der Waals surface area contributed by atoms with Crippen molar-refractivity contribution in [2.45, 2.75) is 6.92 Å². The van der Waals surface area contributed by atoms with Gasteiger partial charge in [0.15, 0.2) is 0 Å². The van der Waals surface area contributed by atoms with E-state index in [9.17, 15) is 4.79 Å². The third-order valence-electron chi connectivity index (χ3n) is 1.86. The molecular formula is C10H8OTe. The zero-order chi connectivity index (χ0) is 8.55. The number of hydrogen-bond acceptors (Lipinski definition) is 1. The molecule has 0 atom stereocenters. The van der Waals surface area contributed by atoms with E-state index in [0.29, 0.717) is 0 Å². The van der Waals surface area contributed by atoms with Gasteiger partial charge in [0.2, 0.25) is 0 Å². The van der Waals surface area contributed by atoms with E-state index in [1.807, 2.05) is 12.1 Å². The topological polar surface area (TPSA) is 17.1 Å². The molecule has 0 aliphatic carbocycles. The van der Waals surface area contributed by atoms with E-state index in [-0.39, 0.29) is 26.2 Å². The van der Waals surface area contributed by atoms with Crippen LogP contribution in [0.5, 0.6) is 0 Å². The predicted molar refractivity (Wildman–Crippen MR) is 50.9 cm³/mol. The number of fused-ring (bicyclic) bond motifs is 1. The summed E-state index contributed by atoms with van der Waals surface area (Å²) in [4.78, 5) is 11.0. The summed E-state index contributed by atoms with van der Waals surface area (Å²) >= 11 is -0.0673. The van der Waals surface area contributed by atoms with Crippen LogP contribution in [0.15, 0.2) is 28.3 Å². The van der Waals surface area contributed by atoms with Crippen molar-refractivity contribution in [1.29, 1.82) is 0 Å². The van der Waals surface area contributed by atoms with Crippen molar-refractivity contribution >= 4 is 35.0 Å². The Morgan fingerprint density at radius 1 is 1.33 bits per heavy atom. The molecule has 1 heterocycles. The fourth-order valence-electron chi connectivity index (χ4n) is 1.19. The summed E-state index contributed by atoms with van der Waals surface area (Å²) in [6.45, 7) is 1.61. The van der Waals surface area contributed by atoms with Gasteiger partial charge in [-0.05, 0) is 0 Å². The first-order valence-electron chi connectivity index (χ1n) is 3.75. The van der Waals surface area contributed by atoms with Crippen LogP contribution in [0.4, 0.5) is 0 Å². The maximum absolute atomic E-state index is 11.0. The fourth-order valence-corrected chi connectivity index (χ4v) is 3.39. The number of ketones is 1. The van der Waals surface area contributed by atoms with Gasteiger partial charge < -0.3 is 0 Å². The Hall–Kier alpha value is -0.580. The zero-order valence-corrected chi connectivity index (χ0v) is 9.03. The first-order valence-corrected chi connectivity index (χ1v) is 6.26. The van der Waals surface area contributed by atoms with Gasteiger partial charge in [0.1, 0.15) is 0 Å². The number of hydrogen-bond donors (Lipinski definition) is 0. The first-order chi connectivity index (χ1) is 5.77. The van der Waals surface area contributed by atoms with Crippen LogP contribution in [0.3, 0.4) is 0 Å². The van der Waals surface area contributed by atoms with Crippen molar-refractivity contribution in [1.82, 2.24) is 0 Å². The Bertz CT molecular complexity index is 428. The molecular weight excluding hydrogens is 264 g/mol. The Balaban J connectivity index is 2.68. The van der Waals surface area contributed by atoms with Crippen LogP contribution < -0.4 is 0 Å². The van der Waals surface area contributed by atoms with Crippen molar-refractivity contribution in [2.24, 2.45) is 0 Å². The van der Waals surface area contributed by atoms with E-state index in [1.165, 1.54) is 8.79 Å². The van der Waals surface area contributed by atoms with Gasteiger partial charge in [-0.2, -0.15) is 0 Å². The number of benzene rings is 1. The summed E-state index contributed by atoms with van der Waals surface area (Å²) in [6, 6.07) is 8.14. The molecule has 2 aromatic rings. The molecule has 0 aliphatic heterocycles. The van der Waals surface area contributed by atoms with Crippen LogP contribution in [0.2, 0.25) is 0 Å². The summed E-state index contributed by atoms with van der Waals surface area (Å²) in [5.74, 6) is 0.152. The Morgan fingerprint density at radius 2 is 2.17 bits per heavy atom. The van der Waals surface area contributed by atoms with Gasteiger partial charge in [-0.25, -0.2) is 0 Å². The van der Waals surface area contributed by atoms with Crippen LogP contribution >= 0.6 is 0 Å². The van der Waals surface area contributed by atoms with Gasteiger partial charge in [0.25, 0.3) is 0 Å². The predicted octanol–water partition coefficient (Wildman–Crippen LogP) is 2.10. The Morgan fingerprint density at radius 3 is 2.92 bits per heavy atom. The molecule has 0 radical (unpaired) electrons. The molecule has 0 N–H and O–H groups in total. The molecule has 1 aromatic carbocycles. The quantitative estimate of drug-likeness (QED) is 0.573. The number of rotatable bonds is 1. The van der Waals surface area contributed by atoms with E-state index in [4.69, 9.17) is 0 Å². The molecule has 1 aromatic heterocycles. The number of carbonyl (C=O) groups is 1. The van der Waals surface area contributed by atoms with Crippen LogP contribution in [0, 0.1) is 0 Å². The Labute approximate surface area is 80.6 Å². The molecule has 0 aliphatic rings. The van der Waals surface area contributed by atoms with Crippen LogP contribution in [-0.4, -0.2) is 26.2 Å². The van der Waals surface area contributed by atoms with Gasteiger partial charge in [0.05, 0.1) is 0 Å². The molecule has 0 bridgehead atoms. The van der Waals surface area contributed by atoms with E-state index in [1.54, 1.807) is 6.92 Å². The molecule has 2 heteroatoms. The standard InChI is InChI=1S/C10H8OTe/c1-7(11)8-2-3-10-9(6-8)4-5-12-10/h2-6H,1H3. The zero-order valence-electron chi connectivity index (χ0n) is 6.70. The summed E-state index contributed by atoms with van der Waals surface area (Å²) in [6.07, 6.45) is 0. The minimum absolute atomic E-state index is 0.0673. The first kappa shape index (κ1) is 8.04. The second-order valence-electron chi connectivity index (χ2n) is 2.73. The molecule has 60 valence electrons. The van der Waals surface area contributed by atoms with Gasteiger partial charge in [0, 0.05) is 0 Å². The van der Waals surface area contributed by atoms with Crippen LogP contribution in [-0.2, 0) is 0 Å². The average molecular weight is 272 g/mol.